The van der Waals surface area contributed by atoms with Crippen molar-refractivity contribution in [1.82, 2.24) is 10.2 Å². The maximum absolute atomic E-state index is 10.0. The molecule has 1 heterocycles. The van der Waals surface area contributed by atoms with Crippen LogP contribution in [0.15, 0.2) is 24.3 Å². The zero-order valence-electron chi connectivity index (χ0n) is 10.7. The fourth-order valence-electron chi connectivity index (χ4n) is 2.68. The molecule has 3 heteroatoms. The number of para-hydroxylation sites is 1. The zero-order valence-corrected chi connectivity index (χ0v) is 10.7. The lowest BCUT2D eigenvalue weighted by atomic mass is 9.93. The van der Waals surface area contributed by atoms with Crippen LogP contribution in [0, 0.1) is 5.92 Å². The molecule has 0 saturated carbocycles. The van der Waals surface area contributed by atoms with E-state index >= 15 is 0 Å². The van der Waals surface area contributed by atoms with Crippen LogP contribution in [0.4, 0.5) is 0 Å². The second-order valence-electron chi connectivity index (χ2n) is 5.03. The Balaban J connectivity index is 2.25. The Labute approximate surface area is 103 Å². The van der Waals surface area contributed by atoms with Crippen molar-refractivity contribution in [2.75, 3.05) is 26.2 Å². The number of rotatable bonds is 3. The van der Waals surface area contributed by atoms with Crippen LogP contribution in [0.3, 0.4) is 0 Å². The van der Waals surface area contributed by atoms with E-state index in [0.717, 1.165) is 31.7 Å². The molecule has 17 heavy (non-hydrogen) atoms. The highest BCUT2D eigenvalue weighted by atomic mass is 16.3. The maximum Gasteiger partial charge on any atom is 0.120 e. The van der Waals surface area contributed by atoms with Gasteiger partial charge in [0.1, 0.15) is 5.75 Å². The molecule has 0 radical (unpaired) electrons. The number of phenols is 1. The minimum Gasteiger partial charge on any atom is -0.508 e. The fraction of sp³-hybridized carbons (Fsp3) is 0.571. The van der Waals surface area contributed by atoms with Crippen LogP contribution in [0.2, 0.25) is 0 Å². The van der Waals surface area contributed by atoms with Gasteiger partial charge in [-0.1, -0.05) is 32.0 Å². The summed E-state index contributed by atoms with van der Waals surface area (Å²) in [5.41, 5.74) is 1.06. The molecule has 2 N–H and O–H groups in total. The van der Waals surface area contributed by atoms with Crippen molar-refractivity contribution in [2.45, 2.75) is 19.9 Å². The molecule has 1 saturated heterocycles. The number of phenolic OH excluding ortho intramolecular Hbond substituents is 1. The van der Waals surface area contributed by atoms with Crippen molar-refractivity contribution >= 4 is 0 Å². The third-order valence-electron chi connectivity index (χ3n) is 3.43. The smallest absolute Gasteiger partial charge is 0.120 e. The van der Waals surface area contributed by atoms with Gasteiger partial charge in [0.2, 0.25) is 0 Å². The van der Waals surface area contributed by atoms with E-state index in [-0.39, 0.29) is 0 Å². The molecular formula is C14H22N2O. The summed E-state index contributed by atoms with van der Waals surface area (Å²) in [6.45, 7) is 8.63. The van der Waals surface area contributed by atoms with Crippen molar-refractivity contribution in [3.63, 3.8) is 0 Å². The monoisotopic (exact) mass is 234 g/mol. The molecule has 94 valence electrons. The second kappa shape index (κ2) is 5.52. The average Bonchev–Trinajstić information content (AvgIpc) is 2.33. The first-order chi connectivity index (χ1) is 8.20. The van der Waals surface area contributed by atoms with Crippen LogP contribution in [-0.4, -0.2) is 36.2 Å². The lowest BCUT2D eigenvalue weighted by molar-refractivity contribution is 0.135. The topological polar surface area (TPSA) is 35.5 Å². The number of aromatic hydroxyl groups is 1. The van der Waals surface area contributed by atoms with Gasteiger partial charge >= 0.3 is 0 Å². The maximum atomic E-state index is 10.0. The Hall–Kier alpha value is -1.06. The van der Waals surface area contributed by atoms with E-state index in [4.69, 9.17) is 0 Å². The van der Waals surface area contributed by atoms with Gasteiger partial charge in [0.25, 0.3) is 0 Å². The molecule has 3 nitrogen and oxygen atoms in total. The normalized spacial score (nSPS) is 19.5. The lowest BCUT2D eigenvalue weighted by Gasteiger charge is -2.37. The Morgan fingerprint density at radius 3 is 2.41 bits per heavy atom. The Kier molecular flexibility index (Phi) is 4.02. The summed E-state index contributed by atoms with van der Waals surface area (Å²) >= 11 is 0. The molecule has 0 amide bonds. The number of nitrogens with zero attached hydrogens (tertiary/aromatic N) is 1. The minimum atomic E-state index is 0.318. The fourth-order valence-corrected chi connectivity index (χ4v) is 2.68. The first-order valence-electron chi connectivity index (χ1n) is 6.43. The highest BCUT2D eigenvalue weighted by molar-refractivity contribution is 5.35. The summed E-state index contributed by atoms with van der Waals surface area (Å²) in [6, 6.07) is 8.04. The molecule has 1 aromatic rings. The number of benzene rings is 1. The summed E-state index contributed by atoms with van der Waals surface area (Å²) in [7, 11) is 0. The van der Waals surface area contributed by atoms with Crippen LogP contribution >= 0.6 is 0 Å². The molecule has 0 aliphatic carbocycles. The summed E-state index contributed by atoms with van der Waals surface area (Å²) in [5.74, 6) is 0.922. The average molecular weight is 234 g/mol. The van der Waals surface area contributed by atoms with Gasteiger partial charge in [-0.3, -0.25) is 4.90 Å². The van der Waals surface area contributed by atoms with Crippen molar-refractivity contribution < 1.29 is 5.11 Å². The SMILES string of the molecule is CC(C)C(c1ccccc1O)N1CCNCC1. The van der Waals surface area contributed by atoms with E-state index in [0.29, 0.717) is 17.7 Å². The molecule has 1 unspecified atom stereocenters. The van der Waals surface area contributed by atoms with Crippen molar-refractivity contribution in [2.24, 2.45) is 5.92 Å². The van der Waals surface area contributed by atoms with E-state index in [9.17, 15) is 5.11 Å². The molecule has 0 bridgehead atoms. The van der Waals surface area contributed by atoms with Gasteiger partial charge in [-0.05, 0) is 12.0 Å². The molecule has 1 aliphatic heterocycles. The summed E-state index contributed by atoms with van der Waals surface area (Å²) in [5, 5.41) is 13.4. The highest BCUT2D eigenvalue weighted by Gasteiger charge is 2.26. The van der Waals surface area contributed by atoms with Crippen LogP contribution < -0.4 is 5.32 Å². The standard InChI is InChI=1S/C14H22N2O/c1-11(2)14(16-9-7-15-8-10-16)12-5-3-4-6-13(12)17/h3-6,11,14-15,17H,7-10H2,1-2H3. The predicted molar refractivity (Wildman–Crippen MR) is 70.1 cm³/mol. The molecule has 1 fully saturated rings. The summed E-state index contributed by atoms with van der Waals surface area (Å²) < 4.78 is 0. The predicted octanol–water partition coefficient (Wildman–Crippen LogP) is 1.99. The molecule has 0 aromatic heterocycles. The molecule has 1 aliphatic rings. The molecule has 1 aromatic carbocycles. The lowest BCUT2D eigenvalue weighted by Crippen LogP contribution is -2.46. The first kappa shape index (κ1) is 12.4. The van der Waals surface area contributed by atoms with Gasteiger partial charge in [0, 0.05) is 37.8 Å². The highest BCUT2D eigenvalue weighted by Crippen LogP contribution is 2.33. The van der Waals surface area contributed by atoms with E-state index in [1.54, 1.807) is 6.07 Å². The largest absolute Gasteiger partial charge is 0.508 e. The van der Waals surface area contributed by atoms with Gasteiger partial charge in [0.05, 0.1) is 0 Å². The molecular weight excluding hydrogens is 212 g/mol. The van der Waals surface area contributed by atoms with Crippen LogP contribution in [0.5, 0.6) is 5.75 Å². The third-order valence-corrected chi connectivity index (χ3v) is 3.43. The van der Waals surface area contributed by atoms with Crippen molar-refractivity contribution in [1.29, 1.82) is 0 Å². The summed E-state index contributed by atoms with van der Waals surface area (Å²) in [4.78, 5) is 2.47. The minimum absolute atomic E-state index is 0.318. The first-order valence-corrected chi connectivity index (χ1v) is 6.43. The van der Waals surface area contributed by atoms with Crippen LogP contribution in [-0.2, 0) is 0 Å². The van der Waals surface area contributed by atoms with E-state index < -0.39 is 0 Å². The number of piperazine rings is 1. The van der Waals surface area contributed by atoms with Gasteiger partial charge in [0.15, 0.2) is 0 Å². The van der Waals surface area contributed by atoms with E-state index in [1.807, 2.05) is 18.2 Å². The Morgan fingerprint density at radius 1 is 1.18 bits per heavy atom. The second-order valence-corrected chi connectivity index (χ2v) is 5.03. The quantitative estimate of drug-likeness (QED) is 0.839. The van der Waals surface area contributed by atoms with E-state index in [1.165, 1.54) is 0 Å². The number of hydrogen-bond acceptors (Lipinski definition) is 3. The molecule has 1 atom stereocenters. The van der Waals surface area contributed by atoms with Gasteiger partial charge in [-0.2, -0.15) is 0 Å². The molecule has 0 spiro atoms. The van der Waals surface area contributed by atoms with Gasteiger partial charge < -0.3 is 10.4 Å². The van der Waals surface area contributed by atoms with Crippen LogP contribution in [0.1, 0.15) is 25.5 Å². The third kappa shape index (κ3) is 2.79. The number of hydrogen-bond donors (Lipinski definition) is 2. The Morgan fingerprint density at radius 2 is 1.82 bits per heavy atom. The van der Waals surface area contributed by atoms with Crippen LogP contribution in [0.25, 0.3) is 0 Å². The van der Waals surface area contributed by atoms with Crippen molar-refractivity contribution in [3.05, 3.63) is 29.8 Å². The van der Waals surface area contributed by atoms with E-state index in [2.05, 4.69) is 24.1 Å². The molecule has 2 rings (SSSR count). The summed E-state index contributed by atoms with van der Waals surface area (Å²) in [6.07, 6.45) is 0. The number of nitrogens with one attached hydrogen (secondary N) is 1. The zero-order chi connectivity index (χ0) is 12.3. The van der Waals surface area contributed by atoms with Gasteiger partial charge in [-0.25, -0.2) is 0 Å². The van der Waals surface area contributed by atoms with Gasteiger partial charge in [-0.15, -0.1) is 0 Å². The Bertz CT molecular complexity index is 359. The van der Waals surface area contributed by atoms with Crippen molar-refractivity contribution in [3.8, 4) is 5.75 Å².